The van der Waals surface area contributed by atoms with Crippen molar-refractivity contribution in [3.8, 4) is 0 Å². The van der Waals surface area contributed by atoms with Crippen molar-refractivity contribution in [3.05, 3.63) is 11.6 Å². The van der Waals surface area contributed by atoms with Gasteiger partial charge in [0.15, 0.2) is 6.29 Å². The van der Waals surface area contributed by atoms with Crippen LogP contribution < -0.4 is 0 Å². The topological polar surface area (TPSA) is 112 Å². The number of aliphatic hydroxyl groups excluding tert-OH is 1. The highest BCUT2D eigenvalue weighted by Gasteiger charge is 2.68. The zero-order chi connectivity index (χ0) is 26.9. The molecule has 0 bridgehead atoms. The van der Waals surface area contributed by atoms with Crippen LogP contribution in [0.2, 0.25) is 0 Å². The summed E-state index contributed by atoms with van der Waals surface area (Å²) in [5, 5.41) is 22.7. The molecule has 2 aliphatic heterocycles. The Morgan fingerprint density at radius 1 is 1.08 bits per heavy atom. The maximum atomic E-state index is 13.0. The molecule has 0 amide bonds. The lowest BCUT2D eigenvalue weighted by molar-refractivity contribution is -0.272. The minimum Gasteiger partial charge on any atom is -0.458 e. The van der Waals surface area contributed by atoms with Gasteiger partial charge in [-0.3, -0.25) is 0 Å². The molecule has 0 aromatic heterocycles. The third-order valence-corrected chi connectivity index (χ3v) is 12.0. The molecule has 4 saturated carbocycles. The Morgan fingerprint density at radius 3 is 2.61 bits per heavy atom. The number of carbonyl (C=O) groups excluding carboxylic acids is 2. The summed E-state index contributed by atoms with van der Waals surface area (Å²) in [7, 11) is 1.61. The number of ether oxygens (including phenoxy) is 4. The summed E-state index contributed by atoms with van der Waals surface area (Å²) in [6, 6.07) is 0. The Morgan fingerprint density at radius 2 is 1.89 bits per heavy atom. The van der Waals surface area contributed by atoms with Gasteiger partial charge in [0.2, 0.25) is 0 Å². The number of aliphatic hydroxyl groups is 2. The smallest absolute Gasteiger partial charge is 0.331 e. The molecule has 8 nitrogen and oxygen atoms in total. The summed E-state index contributed by atoms with van der Waals surface area (Å²) in [6.07, 6.45) is 9.21. The van der Waals surface area contributed by atoms with Crippen molar-refractivity contribution in [1.29, 1.82) is 0 Å². The fourth-order valence-electron chi connectivity index (χ4n) is 9.96. The molecule has 212 valence electrons. The van der Waals surface area contributed by atoms with Crippen LogP contribution in [-0.2, 0) is 28.5 Å². The first-order valence-corrected chi connectivity index (χ1v) is 14.7. The lowest BCUT2D eigenvalue weighted by Crippen LogP contribution is -2.63. The van der Waals surface area contributed by atoms with Crippen LogP contribution in [-0.4, -0.2) is 72.5 Å². The maximum Gasteiger partial charge on any atom is 0.331 e. The zero-order valence-electron chi connectivity index (χ0n) is 23.0. The molecule has 12 atom stereocenters. The number of aldehydes is 1. The SMILES string of the molecule is CO[C@H]1C[C@H](O[C@H]2CC[C@@]3(C=O)[C@@H](CC[C@@H]4[C@@H]3CC[C@]3(C)[C@H](C5=CC(=O)OC5)CC[C@]43O)C2)O[C@H](C)[C@@H]1O. The van der Waals surface area contributed by atoms with Crippen LogP contribution in [0.15, 0.2) is 11.6 Å². The van der Waals surface area contributed by atoms with Crippen LogP contribution >= 0.6 is 0 Å². The summed E-state index contributed by atoms with van der Waals surface area (Å²) in [6.45, 7) is 4.40. The Kier molecular flexibility index (Phi) is 6.83. The summed E-state index contributed by atoms with van der Waals surface area (Å²) in [5.41, 5.74) is -0.521. The quantitative estimate of drug-likeness (QED) is 0.315. The highest BCUT2D eigenvalue weighted by atomic mass is 16.7. The van der Waals surface area contributed by atoms with Crippen molar-refractivity contribution >= 4 is 12.3 Å². The number of rotatable bonds is 5. The fourth-order valence-corrected chi connectivity index (χ4v) is 9.96. The molecule has 38 heavy (non-hydrogen) atoms. The van der Waals surface area contributed by atoms with Gasteiger partial charge in [-0.05, 0) is 94.0 Å². The lowest BCUT2D eigenvalue weighted by Gasteiger charge is -2.63. The highest BCUT2D eigenvalue weighted by molar-refractivity contribution is 5.85. The van der Waals surface area contributed by atoms with E-state index in [1.54, 1.807) is 13.2 Å². The van der Waals surface area contributed by atoms with E-state index in [0.29, 0.717) is 13.0 Å². The van der Waals surface area contributed by atoms with Gasteiger partial charge in [0, 0.05) is 30.4 Å². The summed E-state index contributed by atoms with van der Waals surface area (Å²) in [4.78, 5) is 24.8. The average molecular weight is 533 g/mol. The second-order valence-electron chi connectivity index (χ2n) is 13.3. The lowest BCUT2D eigenvalue weighted by atomic mass is 9.43. The number of carbonyl (C=O) groups is 2. The Labute approximate surface area is 225 Å². The molecule has 8 heteroatoms. The molecule has 1 saturated heterocycles. The zero-order valence-corrected chi connectivity index (χ0v) is 23.0. The first kappa shape index (κ1) is 26.9. The van der Waals surface area contributed by atoms with Crippen molar-refractivity contribution < 1.29 is 38.7 Å². The molecule has 2 heterocycles. The van der Waals surface area contributed by atoms with E-state index in [4.69, 9.17) is 18.9 Å². The van der Waals surface area contributed by atoms with Gasteiger partial charge < -0.3 is 34.0 Å². The van der Waals surface area contributed by atoms with Crippen molar-refractivity contribution in [3.63, 3.8) is 0 Å². The molecule has 4 aliphatic carbocycles. The minimum absolute atomic E-state index is 0.00854. The molecule has 6 aliphatic rings. The third-order valence-electron chi connectivity index (χ3n) is 12.0. The molecule has 0 spiro atoms. The van der Waals surface area contributed by atoms with Gasteiger partial charge in [-0.25, -0.2) is 4.79 Å². The molecule has 5 fully saturated rings. The normalized spacial score (nSPS) is 52.4. The Balaban J connectivity index is 1.18. The molecular formula is C30H44O8. The number of esters is 1. The van der Waals surface area contributed by atoms with E-state index in [0.717, 1.165) is 63.4 Å². The van der Waals surface area contributed by atoms with Gasteiger partial charge in [-0.15, -0.1) is 0 Å². The van der Waals surface area contributed by atoms with Crippen LogP contribution in [0.3, 0.4) is 0 Å². The third kappa shape index (κ3) is 3.88. The van der Waals surface area contributed by atoms with Crippen LogP contribution in [0.1, 0.15) is 78.1 Å². The van der Waals surface area contributed by atoms with E-state index in [-0.39, 0.29) is 53.4 Å². The number of cyclic esters (lactones) is 1. The van der Waals surface area contributed by atoms with Crippen LogP contribution in [0.25, 0.3) is 0 Å². The van der Waals surface area contributed by atoms with Gasteiger partial charge in [0.1, 0.15) is 19.0 Å². The van der Waals surface area contributed by atoms with E-state index in [1.807, 2.05) is 6.92 Å². The first-order chi connectivity index (χ1) is 18.1. The van der Waals surface area contributed by atoms with E-state index >= 15 is 0 Å². The molecule has 6 rings (SSSR count). The van der Waals surface area contributed by atoms with Gasteiger partial charge >= 0.3 is 5.97 Å². The number of fused-ring (bicyclic) bond motifs is 5. The van der Waals surface area contributed by atoms with Gasteiger partial charge in [0.05, 0.1) is 23.9 Å². The van der Waals surface area contributed by atoms with E-state index in [2.05, 4.69) is 6.92 Å². The van der Waals surface area contributed by atoms with Crippen molar-refractivity contribution in [2.24, 2.45) is 34.5 Å². The predicted octanol–water partition coefficient (Wildman–Crippen LogP) is 3.32. The average Bonchev–Trinajstić information content (AvgIpc) is 3.45. The minimum atomic E-state index is -0.830. The van der Waals surface area contributed by atoms with Gasteiger partial charge in [0.25, 0.3) is 0 Å². The van der Waals surface area contributed by atoms with Crippen molar-refractivity contribution in [2.75, 3.05) is 13.7 Å². The second-order valence-corrected chi connectivity index (χ2v) is 13.3. The fraction of sp³-hybridized carbons (Fsp3) is 0.867. The molecule has 0 aromatic carbocycles. The Hall–Kier alpha value is -1.32. The standard InChI is InChI=1S/C30H44O8/c1-17-27(33)24(35-3)14-26(37-17)38-20-6-10-29(16-31)19(13-20)4-5-23-22(29)7-9-28(2)21(8-11-30(23,28)34)18-12-25(32)36-15-18/h12,16-17,19-24,26-27,33-34H,4-11,13-15H2,1-3H3/t17-,19+,20+,21+,22+,23-,24+,26+,27+,28-,29-,30+/m1/s1. The number of hydrogen-bond acceptors (Lipinski definition) is 8. The maximum absolute atomic E-state index is 13.0. The van der Waals surface area contributed by atoms with Crippen molar-refractivity contribution in [2.45, 2.75) is 114 Å². The highest BCUT2D eigenvalue weighted by Crippen LogP contribution is 2.69. The Bertz CT molecular complexity index is 981. The largest absolute Gasteiger partial charge is 0.458 e. The summed E-state index contributed by atoms with van der Waals surface area (Å²) < 4.78 is 23.1. The summed E-state index contributed by atoms with van der Waals surface area (Å²) in [5.74, 6) is 0.384. The number of hydrogen-bond donors (Lipinski definition) is 2. The molecule has 0 aromatic rings. The van der Waals surface area contributed by atoms with Gasteiger partial charge in [-0.2, -0.15) is 0 Å². The predicted molar refractivity (Wildman–Crippen MR) is 137 cm³/mol. The van der Waals surface area contributed by atoms with Crippen LogP contribution in [0.4, 0.5) is 0 Å². The van der Waals surface area contributed by atoms with E-state index in [9.17, 15) is 19.8 Å². The van der Waals surface area contributed by atoms with Gasteiger partial charge in [-0.1, -0.05) is 6.92 Å². The second kappa shape index (κ2) is 9.65. The monoisotopic (exact) mass is 532 g/mol. The van der Waals surface area contributed by atoms with Crippen LogP contribution in [0.5, 0.6) is 0 Å². The van der Waals surface area contributed by atoms with Crippen LogP contribution in [0, 0.1) is 34.5 Å². The van der Waals surface area contributed by atoms with Crippen molar-refractivity contribution in [1.82, 2.24) is 0 Å². The molecule has 0 unspecified atom stereocenters. The number of methoxy groups -OCH3 is 1. The summed E-state index contributed by atoms with van der Waals surface area (Å²) >= 11 is 0. The molecule has 2 N–H and O–H groups in total. The molecule has 0 radical (unpaired) electrons. The molecular weight excluding hydrogens is 488 g/mol. The first-order valence-electron chi connectivity index (χ1n) is 14.7. The van der Waals surface area contributed by atoms with E-state index in [1.165, 1.54) is 6.29 Å². The van der Waals surface area contributed by atoms with E-state index < -0.39 is 23.4 Å².